The van der Waals surface area contributed by atoms with Crippen LogP contribution >= 0.6 is 11.6 Å². The van der Waals surface area contributed by atoms with Crippen LogP contribution in [0.15, 0.2) is 18.2 Å². The van der Waals surface area contributed by atoms with Crippen LogP contribution in [0.3, 0.4) is 0 Å². The van der Waals surface area contributed by atoms with Crippen LogP contribution in [0, 0.1) is 0 Å². The number of rotatable bonds is 5. The molecule has 1 heterocycles. The van der Waals surface area contributed by atoms with Crippen LogP contribution in [0.25, 0.3) is 0 Å². The molecule has 1 aromatic carbocycles. The van der Waals surface area contributed by atoms with Gasteiger partial charge in [-0.2, -0.15) is 0 Å². The maximum Gasteiger partial charge on any atom is 0.0426 e. The lowest BCUT2D eigenvalue weighted by molar-refractivity contribution is 0.209. The Kier molecular flexibility index (Phi) is 5.08. The molecule has 0 radical (unpaired) electrons. The molecule has 0 spiro atoms. The van der Waals surface area contributed by atoms with E-state index in [1.165, 1.54) is 12.0 Å². The highest BCUT2D eigenvalue weighted by atomic mass is 35.5. The molecule has 106 valence electrons. The number of nitrogens with zero attached hydrogens (tertiary/aromatic N) is 2. The van der Waals surface area contributed by atoms with Crippen LogP contribution in [-0.2, 0) is 6.54 Å². The molecule has 1 atom stereocenters. The Balaban J connectivity index is 1.94. The van der Waals surface area contributed by atoms with E-state index in [9.17, 15) is 0 Å². The third-order valence-electron chi connectivity index (χ3n) is 4.08. The van der Waals surface area contributed by atoms with Crippen molar-refractivity contribution >= 4 is 17.3 Å². The Morgan fingerprint density at radius 2 is 2.11 bits per heavy atom. The Hall–Kier alpha value is -0.770. The van der Waals surface area contributed by atoms with Crippen LogP contribution in [0.5, 0.6) is 0 Å². The van der Waals surface area contributed by atoms with Crippen molar-refractivity contribution < 1.29 is 0 Å². The topological polar surface area (TPSA) is 32.5 Å². The van der Waals surface area contributed by atoms with Gasteiger partial charge in [0.15, 0.2) is 0 Å². The fourth-order valence-electron chi connectivity index (χ4n) is 2.94. The molecular formula is C15H24ClN3. The van der Waals surface area contributed by atoms with Crippen LogP contribution in [-0.4, -0.2) is 42.0 Å². The number of hydrogen-bond donors (Lipinski definition) is 1. The van der Waals surface area contributed by atoms with Crippen molar-refractivity contribution in [2.24, 2.45) is 0 Å². The van der Waals surface area contributed by atoms with Crippen molar-refractivity contribution in [3.63, 3.8) is 0 Å². The summed E-state index contributed by atoms with van der Waals surface area (Å²) in [5, 5.41) is 0.712. The highest BCUT2D eigenvalue weighted by molar-refractivity contribution is 6.30. The number of likely N-dealkylation sites (tertiary alicyclic amines) is 1. The molecule has 0 bridgehead atoms. The van der Waals surface area contributed by atoms with Crippen LogP contribution in [0.4, 0.5) is 5.69 Å². The molecule has 4 heteroatoms. The maximum absolute atomic E-state index is 6.02. The molecule has 19 heavy (non-hydrogen) atoms. The first-order valence-electron chi connectivity index (χ1n) is 7.14. The van der Waals surface area contributed by atoms with Gasteiger partial charge in [-0.1, -0.05) is 31.5 Å². The molecule has 1 aliphatic rings. The number of anilines is 1. The Bertz CT molecular complexity index is 418. The van der Waals surface area contributed by atoms with Crippen LogP contribution in [0.2, 0.25) is 5.02 Å². The van der Waals surface area contributed by atoms with Crippen LogP contribution < -0.4 is 5.73 Å². The largest absolute Gasteiger partial charge is 0.398 e. The minimum Gasteiger partial charge on any atom is -0.398 e. The summed E-state index contributed by atoms with van der Waals surface area (Å²) < 4.78 is 0. The summed E-state index contributed by atoms with van der Waals surface area (Å²) in [4.78, 5) is 5.04. The normalized spacial score (nSPS) is 20.3. The van der Waals surface area contributed by atoms with Crippen LogP contribution in [0.1, 0.15) is 25.8 Å². The number of likely N-dealkylation sites (N-methyl/N-ethyl adjacent to an activating group) is 1. The fourth-order valence-corrected chi connectivity index (χ4v) is 3.13. The van der Waals surface area contributed by atoms with E-state index in [0.717, 1.165) is 38.4 Å². The average molecular weight is 282 g/mol. The standard InChI is InChI=1S/C15H24ClN3/c1-3-19(4-2)14-7-8-18(11-14)10-12-5-6-13(16)9-15(12)17/h5-6,9,14H,3-4,7-8,10-11,17H2,1-2H3. The highest BCUT2D eigenvalue weighted by Crippen LogP contribution is 2.23. The Labute approximate surface area is 121 Å². The quantitative estimate of drug-likeness (QED) is 0.843. The second kappa shape index (κ2) is 6.60. The molecular weight excluding hydrogens is 258 g/mol. The van der Waals surface area contributed by atoms with E-state index in [0.29, 0.717) is 11.1 Å². The van der Waals surface area contributed by atoms with Gasteiger partial charge >= 0.3 is 0 Å². The lowest BCUT2D eigenvalue weighted by atomic mass is 10.1. The van der Waals surface area contributed by atoms with E-state index in [1.54, 1.807) is 0 Å². The number of nitrogens with two attached hydrogens (primary N) is 1. The van der Waals surface area contributed by atoms with Gasteiger partial charge in [0.2, 0.25) is 0 Å². The summed E-state index contributed by atoms with van der Waals surface area (Å²) in [7, 11) is 0. The second-order valence-electron chi connectivity index (χ2n) is 5.24. The van der Waals surface area contributed by atoms with Gasteiger partial charge in [0.25, 0.3) is 0 Å². The second-order valence-corrected chi connectivity index (χ2v) is 5.68. The predicted octanol–water partition coefficient (Wildman–Crippen LogP) is 2.84. The van der Waals surface area contributed by atoms with Crippen molar-refractivity contribution in [1.82, 2.24) is 9.80 Å². The number of hydrogen-bond acceptors (Lipinski definition) is 3. The third kappa shape index (κ3) is 3.62. The van der Waals surface area contributed by atoms with Gasteiger partial charge in [-0.3, -0.25) is 9.80 Å². The van der Waals surface area contributed by atoms with Gasteiger partial charge in [0, 0.05) is 36.4 Å². The van der Waals surface area contributed by atoms with Crippen molar-refractivity contribution in [2.45, 2.75) is 32.9 Å². The average Bonchev–Trinajstić information content (AvgIpc) is 2.83. The van der Waals surface area contributed by atoms with Crippen molar-refractivity contribution in [2.75, 3.05) is 31.9 Å². The molecule has 0 amide bonds. The summed E-state index contributed by atoms with van der Waals surface area (Å²) in [6.07, 6.45) is 1.26. The summed E-state index contributed by atoms with van der Waals surface area (Å²) in [6, 6.07) is 6.51. The van der Waals surface area contributed by atoms with E-state index < -0.39 is 0 Å². The summed E-state index contributed by atoms with van der Waals surface area (Å²) in [5.41, 5.74) is 8.01. The number of nitrogen functional groups attached to an aromatic ring is 1. The zero-order chi connectivity index (χ0) is 13.8. The van der Waals surface area contributed by atoms with Crippen molar-refractivity contribution in [3.8, 4) is 0 Å². The molecule has 0 aliphatic carbocycles. The third-order valence-corrected chi connectivity index (χ3v) is 4.31. The number of halogens is 1. The Morgan fingerprint density at radius 1 is 1.37 bits per heavy atom. The smallest absolute Gasteiger partial charge is 0.0426 e. The van der Waals surface area contributed by atoms with E-state index in [4.69, 9.17) is 17.3 Å². The van der Waals surface area contributed by atoms with Crippen molar-refractivity contribution in [3.05, 3.63) is 28.8 Å². The summed E-state index contributed by atoms with van der Waals surface area (Å²) in [6.45, 7) is 9.98. The minimum atomic E-state index is 0.698. The first kappa shape index (κ1) is 14.6. The first-order chi connectivity index (χ1) is 9.13. The van der Waals surface area contributed by atoms with Gasteiger partial charge in [0.1, 0.15) is 0 Å². The van der Waals surface area contributed by atoms with E-state index in [-0.39, 0.29) is 0 Å². The van der Waals surface area contributed by atoms with E-state index in [2.05, 4.69) is 23.6 Å². The highest BCUT2D eigenvalue weighted by Gasteiger charge is 2.26. The molecule has 1 unspecified atom stereocenters. The lowest BCUT2D eigenvalue weighted by Gasteiger charge is -2.26. The SMILES string of the molecule is CCN(CC)C1CCN(Cc2ccc(Cl)cc2N)C1. The summed E-state index contributed by atoms with van der Waals surface area (Å²) in [5.74, 6) is 0. The molecule has 2 rings (SSSR count). The first-order valence-corrected chi connectivity index (χ1v) is 7.52. The molecule has 1 saturated heterocycles. The Morgan fingerprint density at radius 3 is 2.74 bits per heavy atom. The number of benzene rings is 1. The molecule has 2 N–H and O–H groups in total. The van der Waals surface area contributed by atoms with Crippen molar-refractivity contribution in [1.29, 1.82) is 0 Å². The zero-order valence-electron chi connectivity index (χ0n) is 11.9. The van der Waals surface area contributed by atoms with Gasteiger partial charge in [0.05, 0.1) is 0 Å². The lowest BCUT2D eigenvalue weighted by Crippen LogP contribution is -2.37. The summed E-state index contributed by atoms with van der Waals surface area (Å²) >= 11 is 5.94. The van der Waals surface area contributed by atoms with Gasteiger partial charge < -0.3 is 5.73 Å². The molecule has 3 nitrogen and oxygen atoms in total. The predicted molar refractivity (Wildman–Crippen MR) is 82.5 cm³/mol. The van der Waals surface area contributed by atoms with Gasteiger partial charge in [-0.05, 0) is 37.2 Å². The maximum atomic E-state index is 6.02. The fraction of sp³-hybridized carbons (Fsp3) is 0.600. The molecule has 1 aliphatic heterocycles. The monoisotopic (exact) mass is 281 g/mol. The van der Waals surface area contributed by atoms with Gasteiger partial charge in [-0.15, -0.1) is 0 Å². The van der Waals surface area contributed by atoms with E-state index >= 15 is 0 Å². The minimum absolute atomic E-state index is 0.698. The molecule has 1 fully saturated rings. The molecule has 0 saturated carbocycles. The zero-order valence-corrected chi connectivity index (χ0v) is 12.7. The van der Waals surface area contributed by atoms with Gasteiger partial charge in [-0.25, -0.2) is 0 Å². The van der Waals surface area contributed by atoms with E-state index in [1.807, 2.05) is 18.2 Å². The molecule has 0 aromatic heterocycles. The molecule has 1 aromatic rings.